The minimum atomic E-state index is -0.443. The highest BCUT2D eigenvalue weighted by Gasteiger charge is 2.16. The van der Waals surface area contributed by atoms with Gasteiger partial charge in [0.2, 0.25) is 0 Å². The maximum absolute atomic E-state index is 14.0. The Bertz CT molecular complexity index is 631. The summed E-state index contributed by atoms with van der Waals surface area (Å²) in [7, 11) is 0. The summed E-state index contributed by atoms with van der Waals surface area (Å²) in [6.07, 6.45) is 1.04. The Balaban J connectivity index is 1.89. The van der Waals surface area contributed by atoms with E-state index in [1.54, 1.807) is 13.0 Å². The molecule has 1 aromatic carbocycles. The zero-order valence-electron chi connectivity index (χ0n) is 11.9. The van der Waals surface area contributed by atoms with Gasteiger partial charge >= 0.3 is 0 Å². The van der Waals surface area contributed by atoms with Gasteiger partial charge in [-0.3, -0.25) is 5.10 Å². The molecule has 112 valence electrons. The van der Waals surface area contributed by atoms with Gasteiger partial charge in [-0.15, -0.1) is 0 Å². The van der Waals surface area contributed by atoms with E-state index in [1.807, 2.05) is 0 Å². The molecule has 1 aliphatic heterocycles. The molecule has 1 aromatic heterocycles. The zero-order valence-corrected chi connectivity index (χ0v) is 11.9. The Kier molecular flexibility index (Phi) is 3.88. The van der Waals surface area contributed by atoms with E-state index in [9.17, 15) is 8.78 Å². The van der Waals surface area contributed by atoms with Gasteiger partial charge in [-0.25, -0.2) is 8.78 Å². The van der Waals surface area contributed by atoms with Gasteiger partial charge in [0.1, 0.15) is 11.6 Å². The number of benzene rings is 1. The first kappa shape index (κ1) is 14.0. The van der Waals surface area contributed by atoms with Gasteiger partial charge < -0.3 is 10.2 Å². The van der Waals surface area contributed by atoms with Crippen LogP contribution in [0.3, 0.4) is 0 Å². The van der Waals surface area contributed by atoms with Crippen LogP contribution in [0, 0.1) is 18.6 Å². The Morgan fingerprint density at radius 2 is 1.95 bits per heavy atom. The molecular weight excluding hydrogens is 274 g/mol. The predicted octanol–water partition coefficient (Wildman–Crippen LogP) is 2.46. The van der Waals surface area contributed by atoms with Crippen LogP contribution >= 0.6 is 0 Å². The smallest absolute Gasteiger partial charge is 0.151 e. The zero-order chi connectivity index (χ0) is 14.8. The lowest BCUT2D eigenvalue weighted by Gasteiger charge is -2.18. The van der Waals surface area contributed by atoms with Crippen molar-refractivity contribution in [2.45, 2.75) is 13.3 Å². The summed E-state index contributed by atoms with van der Waals surface area (Å²) in [5.41, 5.74) is 1.01. The van der Waals surface area contributed by atoms with Gasteiger partial charge in [0.25, 0.3) is 0 Å². The van der Waals surface area contributed by atoms with Crippen molar-refractivity contribution in [2.24, 2.45) is 0 Å². The summed E-state index contributed by atoms with van der Waals surface area (Å²) in [4.78, 5) is 2.14. The van der Waals surface area contributed by atoms with Crippen LogP contribution in [-0.4, -0.2) is 36.4 Å². The topological polar surface area (TPSA) is 44.0 Å². The standard InChI is InChI=1S/C15H18F2N4/c1-10-7-13(17)11(8-12(10)16)14-9-15(20-19-14)21-5-2-3-18-4-6-21/h7-9,18H,2-6H2,1H3,(H,19,20). The summed E-state index contributed by atoms with van der Waals surface area (Å²) < 4.78 is 27.6. The second kappa shape index (κ2) is 5.81. The number of anilines is 1. The fourth-order valence-electron chi connectivity index (χ4n) is 2.54. The number of nitrogens with zero attached hydrogens (tertiary/aromatic N) is 2. The van der Waals surface area contributed by atoms with Crippen LogP contribution in [0.5, 0.6) is 0 Å². The third kappa shape index (κ3) is 2.90. The van der Waals surface area contributed by atoms with E-state index in [0.717, 1.165) is 38.4 Å². The van der Waals surface area contributed by atoms with Gasteiger partial charge in [-0.2, -0.15) is 5.10 Å². The number of hydrogen-bond acceptors (Lipinski definition) is 3. The highest BCUT2D eigenvalue weighted by Crippen LogP contribution is 2.26. The highest BCUT2D eigenvalue weighted by molar-refractivity contribution is 5.64. The molecule has 1 aliphatic rings. The van der Waals surface area contributed by atoms with Gasteiger partial charge in [0.05, 0.1) is 5.69 Å². The Hall–Kier alpha value is -1.95. The maximum atomic E-state index is 14.0. The molecule has 0 unspecified atom stereocenters. The average molecular weight is 292 g/mol. The van der Waals surface area contributed by atoms with Gasteiger partial charge in [0, 0.05) is 31.3 Å². The number of rotatable bonds is 2. The Labute approximate surface area is 122 Å². The SMILES string of the molecule is Cc1cc(F)c(-c2cc(N3CCCNCC3)n[nH]2)cc1F. The van der Waals surface area contributed by atoms with Crippen molar-refractivity contribution in [1.82, 2.24) is 15.5 Å². The minimum absolute atomic E-state index is 0.213. The maximum Gasteiger partial charge on any atom is 0.151 e. The molecule has 6 heteroatoms. The van der Waals surface area contributed by atoms with Gasteiger partial charge in [0.15, 0.2) is 5.82 Å². The third-order valence-electron chi connectivity index (χ3n) is 3.77. The third-order valence-corrected chi connectivity index (χ3v) is 3.77. The van der Waals surface area contributed by atoms with Gasteiger partial charge in [-0.1, -0.05) is 0 Å². The van der Waals surface area contributed by atoms with Crippen LogP contribution in [0.2, 0.25) is 0 Å². The largest absolute Gasteiger partial charge is 0.354 e. The molecule has 0 spiro atoms. The molecule has 1 fully saturated rings. The van der Waals surface area contributed by atoms with E-state index in [0.29, 0.717) is 11.3 Å². The molecule has 0 saturated carbocycles. The quantitative estimate of drug-likeness (QED) is 0.893. The Morgan fingerprint density at radius 3 is 2.81 bits per heavy atom. The van der Waals surface area contributed by atoms with Crippen molar-refractivity contribution < 1.29 is 8.78 Å². The fraction of sp³-hybridized carbons (Fsp3) is 0.400. The van der Waals surface area contributed by atoms with E-state index >= 15 is 0 Å². The summed E-state index contributed by atoms with van der Waals surface area (Å²) in [5, 5.41) is 10.4. The molecule has 0 amide bonds. The number of halogens is 2. The second-order valence-electron chi connectivity index (χ2n) is 5.31. The summed E-state index contributed by atoms with van der Waals surface area (Å²) >= 11 is 0. The average Bonchev–Trinajstić information content (AvgIpc) is 2.78. The molecular formula is C15H18F2N4. The van der Waals surface area contributed by atoms with Crippen LogP contribution in [0.4, 0.5) is 14.6 Å². The van der Waals surface area contributed by atoms with Crippen LogP contribution in [0.25, 0.3) is 11.3 Å². The van der Waals surface area contributed by atoms with E-state index in [4.69, 9.17) is 0 Å². The first-order valence-electron chi connectivity index (χ1n) is 7.12. The molecule has 0 bridgehead atoms. The van der Waals surface area contributed by atoms with Crippen molar-refractivity contribution in [2.75, 3.05) is 31.1 Å². The number of aryl methyl sites for hydroxylation is 1. The lowest BCUT2D eigenvalue weighted by molar-refractivity contribution is 0.594. The molecule has 2 aromatic rings. The van der Waals surface area contributed by atoms with Crippen molar-refractivity contribution in [3.8, 4) is 11.3 Å². The first-order chi connectivity index (χ1) is 10.1. The molecule has 0 aliphatic carbocycles. The second-order valence-corrected chi connectivity index (χ2v) is 5.31. The normalized spacial score (nSPS) is 16.0. The molecule has 3 rings (SSSR count). The number of H-pyrrole nitrogens is 1. The van der Waals surface area contributed by atoms with Crippen molar-refractivity contribution in [3.63, 3.8) is 0 Å². The van der Waals surface area contributed by atoms with E-state index < -0.39 is 11.6 Å². The van der Waals surface area contributed by atoms with Crippen LogP contribution < -0.4 is 10.2 Å². The number of hydrogen-bond donors (Lipinski definition) is 2. The molecule has 0 radical (unpaired) electrons. The molecule has 2 heterocycles. The summed E-state index contributed by atoms with van der Waals surface area (Å²) in [6, 6.07) is 4.20. The van der Waals surface area contributed by atoms with Crippen LogP contribution in [0.15, 0.2) is 18.2 Å². The molecule has 1 saturated heterocycles. The van der Waals surface area contributed by atoms with Gasteiger partial charge in [-0.05, 0) is 37.6 Å². The highest BCUT2D eigenvalue weighted by atomic mass is 19.1. The van der Waals surface area contributed by atoms with Crippen molar-refractivity contribution in [1.29, 1.82) is 0 Å². The predicted molar refractivity (Wildman–Crippen MR) is 78.4 cm³/mol. The first-order valence-corrected chi connectivity index (χ1v) is 7.12. The van der Waals surface area contributed by atoms with E-state index in [1.165, 1.54) is 12.1 Å². The lowest BCUT2D eigenvalue weighted by atomic mass is 10.1. The number of aromatic amines is 1. The van der Waals surface area contributed by atoms with Crippen molar-refractivity contribution >= 4 is 5.82 Å². The summed E-state index contributed by atoms with van der Waals surface area (Å²) in [6.45, 7) is 5.20. The number of nitrogens with one attached hydrogen (secondary N) is 2. The molecule has 21 heavy (non-hydrogen) atoms. The molecule has 4 nitrogen and oxygen atoms in total. The number of aromatic nitrogens is 2. The fourth-order valence-corrected chi connectivity index (χ4v) is 2.54. The van der Waals surface area contributed by atoms with E-state index in [2.05, 4.69) is 20.4 Å². The monoisotopic (exact) mass is 292 g/mol. The minimum Gasteiger partial charge on any atom is -0.354 e. The summed E-state index contributed by atoms with van der Waals surface area (Å²) in [5.74, 6) is -0.0859. The van der Waals surface area contributed by atoms with E-state index in [-0.39, 0.29) is 5.56 Å². The molecule has 0 atom stereocenters. The van der Waals surface area contributed by atoms with Crippen molar-refractivity contribution in [3.05, 3.63) is 35.4 Å². The Morgan fingerprint density at radius 1 is 1.10 bits per heavy atom. The molecule has 2 N–H and O–H groups in total. The van der Waals surface area contributed by atoms with Crippen LogP contribution in [-0.2, 0) is 0 Å². The lowest BCUT2D eigenvalue weighted by Crippen LogP contribution is -2.28. The van der Waals surface area contributed by atoms with Crippen LogP contribution in [0.1, 0.15) is 12.0 Å².